The topological polar surface area (TPSA) is 26.3 Å². The second kappa shape index (κ2) is 3.21. The molecule has 1 heterocycles. The van der Waals surface area contributed by atoms with E-state index in [9.17, 15) is 4.79 Å². The summed E-state index contributed by atoms with van der Waals surface area (Å²) in [7, 11) is 0. The number of rotatable bonds is 2. The van der Waals surface area contributed by atoms with Crippen LogP contribution in [-0.2, 0) is 9.53 Å². The van der Waals surface area contributed by atoms with Gasteiger partial charge < -0.3 is 4.74 Å². The van der Waals surface area contributed by atoms with Gasteiger partial charge in [-0.15, -0.1) is 0 Å². The van der Waals surface area contributed by atoms with E-state index in [-0.39, 0.29) is 5.78 Å². The minimum Gasteiger partial charge on any atom is -0.487 e. The average molecular weight is 178 g/mol. The van der Waals surface area contributed by atoms with Crippen molar-refractivity contribution in [1.29, 1.82) is 0 Å². The van der Waals surface area contributed by atoms with Crippen LogP contribution >= 0.6 is 0 Å². The van der Waals surface area contributed by atoms with E-state index in [2.05, 4.69) is 13.2 Å². The molecule has 0 N–H and O–H groups in total. The summed E-state index contributed by atoms with van der Waals surface area (Å²) >= 11 is 0. The van der Waals surface area contributed by atoms with Crippen molar-refractivity contribution in [2.24, 2.45) is 0 Å². The summed E-state index contributed by atoms with van der Waals surface area (Å²) in [5, 5.41) is 0. The van der Waals surface area contributed by atoms with E-state index in [1.165, 1.54) is 6.08 Å². The maximum Gasteiger partial charge on any atom is 0.170 e. The summed E-state index contributed by atoms with van der Waals surface area (Å²) in [6.45, 7) is 10.9. The van der Waals surface area contributed by atoms with Crippen molar-refractivity contribution in [3.05, 3.63) is 36.6 Å². The van der Waals surface area contributed by atoms with Crippen molar-refractivity contribution >= 4 is 5.78 Å². The molecule has 1 aliphatic heterocycles. The first-order valence-electron chi connectivity index (χ1n) is 4.21. The summed E-state index contributed by atoms with van der Waals surface area (Å²) in [4.78, 5) is 11.6. The van der Waals surface area contributed by atoms with Gasteiger partial charge in [0.1, 0.15) is 11.4 Å². The molecule has 0 bridgehead atoms. The van der Waals surface area contributed by atoms with Crippen molar-refractivity contribution in [3.63, 3.8) is 0 Å². The van der Waals surface area contributed by atoms with E-state index in [4.69, 9.17) is 4.74 Å². The normalized spacial score (nSPS) is 20.9. The van der Waals surface area contributed by atoms with E-state index in [1.54, 1.807) is 6.08 Å². The third-order valence-electron chi connectivity index (χ3n) is 1.93. The molecule has 0 amide bonds. The molecule has 0 aromatic rings. The smallest absolute Gasteiger partial charge is 0.170 e. The predicted octanol–water partition coefficient (Wildman–Crippen LogP) is 2.38. The highest BCUT2D eigenvalue weighted by atomic mass is 16.5. The van der Waals surface area contributed by atoms with Gasteiger partial charge in [0.2, 0.25) is 0 Å². The summed E-state index contributed by atoms with van der Waals surface area (Å²) in [6.07, 6.45) is 3.47. The second-order valence-electron chi connectivity index (χ2n) is 3.65. The number of carbonyl (C=O) groups is 1. The summed E-state index contributed by atoms with van der Waals surface area (Å²) in [5.41, 5.74) is 0.113. The zero-order valence-electron chi connectivity index (χ0n) is 8.09. The first-order valence-corrected chi connectivity index (χ1v) is 4.21. The Bertz CT molecular complexity index is 295. The standard InChI is InChI=1S/C11H14O2/c1-5-8-9(12)7-11(3,4)13-10(8)6-2/h5-6H,1-2,7H2,3-4H3. The predicted molar refractivity (Wildman–Crippen MR) is 52.2 cm³/mol. The molecule has 1 aliphatic rings. The molecular formula is C11H14O2. The minimum absolute atomic E-state index is 0.0705. The van der Waals surface area contributed by atoms with Crippen LogP contribution in [-0.4, -0.2) is 11.4 Å². The lowest BCUT2D eigenvalue weighted by Crippen LogP contribution is -2.33. The molecule has 0 atom stereocenters. The van der Waals surface area contributed by atoms with Gasteiger partial charge in [-0.3, -0.25) is 4.79 Å². The molecule has 13 heavy (non-hydrogen) atoms. The highest BCUT2D eigenvalue weighted by Crippen LogP contribution is 2.29. The van der Waals surface area contributed by atoms with Gasteiger partial charge in [0.05, 0.1) is 12.0 Å². The number of ketones is 1. The molecule has 1 rings (SSSR count). The van der Waals surface area contributed by atoms with Crippen molar-refractivity contribution in [3.8, 4) is 0 Å². The Morgan fingerprint density at radius 3 is 2.46 bits per heavy atom. The Hall–Kier alpha value is -1.31. The monoisotopic (exact) mass is 178 g/mol. The van der Waals surface area contributed by atoms with Crippen LogP contribution in [0.4, 0.5) is 0 Å². The van der Waals surface area contributed by atoms with Crippen LogP contribution in [0.2, 0.25) is 0 Å². The number of hydrogen-bond donors (Lipinski definition) is 0. The van der Waals surface area contributed by atoms with Crippen LogP contribution in [0.1, 0.15) is 20.3 Å². The van der Waals surface area contributed by atoms with Gasteiger partial charge in [0.15, 0.2) is 5.78 Å². The maximum atomic E-state index is 11.6. The fourth-order valence-corrected chi connectivity index (χ4v) is 1.37. The quantitative estimate of drug-likeness (QED) is 0.649. The summed E-state index contributed by atoms with van der Waals surface area (Å²) in [6, 6.07) is 0. The third kappa shape index (κ3) is 1.89. The summed E-state index contributed by atoms with van der Waals surface area (Å²) < 4.78 is 5.57. The molecule has 0 radical (unpaired) electrons. The van der Waals surface area contributed by atoms with Crippen LogP contribution in [0.15, 0.2) is 36.6 Å². The lowest BCUT2D eigenvalue weighted by molar-refractivity contribution is -0.122. The molecule has 0 aromatic heterocycles. The van der Waals surface area contributed by atoms with Crippen LogP contribution in [0.25, 0.3) is 0 Å². The number of ether oxygens (including phenoxy) is 1. The summed E-state index contributed by atoms with van der Waals surface area (Å²) in [5.74, 6) is 0.609. The molecule has 0 spiro atoms. The SMILES string of the molecule is C=CC1=C(C=C)C(=O)CC(C)(C)O1. The lowest BCUT2D eigenvalue weighted by Gasteiger charge is -2.31. The van der Waals surface area contributed by atoms with E-state index >= 15 is 0 Å². The van der Waals surface area contributed by atoms with Crippen molar-refractivity contribution in [1.82, 2.24) is 0 Å². The number of allylic oxidation sites excluding steroid dienone is 3. The van der Waals surface area contributed by atoms with E-state index in [1.807, 2.05) is 13.8 Å². The van der Waals surface area contributed by atoms with Gasteiger partial charge in [0, 0.05) is 0 Å². The molecular weight excluding hydrogens is 164 g/mol. The zero-order chi connectivity index (χ0) is 10.1. The first kappa shape index (κ1) is 9.78. The van der Waals surface area contributed by atoms with Crippen molar-refractivity contribution in [2.45, 2.75) is 25.9 Å². The van der Waals surface area contributed by atoms with Crippen LogP contribution in [0, 0.1) is 0 Å². The molecule has 0 aromatic carbocycles. The Labute approximate surface area is 78.6 Å². The lowest BCUT2D eigenvalue weighted by atomic mass is 9.93. The first-order chi connectivity index (χ1) is 6.00. The van der Waals surface area contributed by atoms with Crippen LogP contribution < -0.4 is 0 Å². The van der Waals surface area contributed by atoms with Gasteiger partial charge in [-0.05, 0) is 19.9 Å². The molecule has 0 unspecified atom stereocenters. The molecule has 0 aliphatic carbocycles. The van der Waals surface area contributed by atoms with Gasteiger partial charge in [-0.2, -0.15) is 0 Å². The van der Waals surface area contributed by atoms with Crippen molar-refractivity contribution < 1.29 is 9.53 Å². The Balaban J connectivity index is 3.13. The Morgan fingerprint density at radius 2 is 2.00 bits per heavy atom. The van der Waals surface area contributed by atoms with Crippen LogP contribution in [0.3, 0.4) is 0 Å². The Kier molecular flexibility index (Phi) is 2.41. The van der Waals surface area contributed by atoms with E-state index < -0.39 is 5.60 Å². The maximum absolute atomic E-state index is 11.6. The second-order valence-corrected chi connectivity index (χ2v) is 3.65. The third-order valence-corrected chi connectivity index (χ3v) is 1.93. The average Bonchev–Trinajstić information content (AvgIpc) is 2.01. The molecule has 0 fully saturated rings. The number of carbonyl (C=O) groups excluding carboxylic acids is 1. The molecule has 0 saturated carbocycles. The number of hydrogen-bond acceptors (Lipinski definition) is 2. The molecule has 0 saturated heterocycles. The van der Waals surface area contributed by atoms with E-state index in [0.29, 0.717) is 17.8 Å². The highest BCUT2D eigenvalue weighted by Gasteiger charge is 2.31. The fraction of sp³-hybridized carbons (Fsp3) is 0.364. The van der Waals surface area contributed by atoms with Crippen molar-refractivity contribution in [2.75, 3.05) is 0 Å². The molecule has 2 nitrogen and oxygen atoms in total. The molecule has 70 valence electrons. The highest BCUT2D eigenvalue weighted by molar-refractivity contribution is 6.00. The van der Waals surface area contributed by atoms with Gasteiger partial charge in [0.25, 0.3) is 0 Å². The van der Waals surface area contributed by atoms with Gasteiger partial charge in [-0.25, -0.2) is 0 Å². The number of Topliss-reactive ketones (excluding diaryl/α,β-unsaturated/α-hetero) is 1. The van der Waals surface area contributed by atoms with Gasteiger partial charge >= 0.3 is 0 Å². The molecule has 2 heteroatoms. The minimum atomic E-state index is -0.423. The largest absolute Gasteiger partial charge is 0.487 e. The van der Waals surface area contributed by atoms with Gasteiger partial charge in [-0.1, -0.05) is 19.2 Å². The Morgan fingerprint density at radius 1 is 1.38 bits per heavy atom. The zero-order valence-corrected chi connectivity index (χ0v) is 8.09. The fourth-order valence-electron chi connectivity index (χ4n) is 1.37. The van der Waals surface area contributed by atoms with Crippen LogP contribution in [0.5, 0.6) is 0 Å². The van der Waals surface area contributed by atoms with E-state index in [0.717, 1.165) is 0 Å².